The predicted octanol–water partition coefficient (Wildman–Crippen LogP) is -1.20. The normalized spacial score (nSPS) is 19.2. The number of rotatable bonds is 3. The van der Waals surface area contributed by atoms with E-state index in [0.29, 0.717) is 4.68 Å². The van der Waals surface area contributed by atoms with E-state index in [1.807, 2.05) is 5.10 Å². The number of Topliss-reactive ketones (excluding diaryl/α,β-unsaturated/α-hetero) is 1. The Kier molecular flexibility index (Phi) is 3.33. The lowest BCUT2D eigenvalue weighted by atomic mass is 10.0. The molecule has 1 amide bonds. The van der Waals surface area contributed by atoms with Crippen LogP contribution in [0.25, 0.3) is 0 Å². The Balaban J connectivity index is 2.09. The molecule has 2 heterocycles. The van der Waals surface area contributed by atoms with Crippen LogP contribution < -0.4 is 5.69 Å². The van der Waals surface area contributed by atoms with Gasteiger partial charge in [-0.25, -0.2) is 14.3 Å². The summed E-state index contributed by atoms with van der Waals surface area (Å²) >= 11 is 0. The zero-order valence-corrected chi connectivity index (χ0v) is 11.2. The average Bonchev–Trinajstić information content (AvgIpc) is 2.88. The van der Waals surface area contributed by atoms with Crippen LogP contribution in [-0.4, -0.2) is 50.2 Å². The van der Waals surface area contributed by atoms with E-state index < -0.39 is 35.9 Å². The molecule has 1 aromatic rings. The topological polar surface area (TPSA) is 119 Å². The molecule has 3 rings (SSSR count). The maximum atomic E-state index is 14.1. The number of allylic oxidation sites excluding steroid dienone is 3. The fourth-order valence-corrected chi connectivity index (χ4v) is 2.02. The third-order valence-electron chi connectivity index (χ3n) is 2.87. The Morgan fingerprint density at radius 2 is 2.23 bits per heavy atom. The monoisotopic (exact) mass is 310 g/mol. The second-order valence-corrected chi connectivity index (χ2v) is 4.20. The SMILES string of the molecule is CCON1C(=O)COC2=C1C(=O)[C](n1nn[nH]c1=O)C(F)=C2. The van der Waals surface area contributed by atoms with Crippen molar-refractivity contribution in [3.8, 4) is 0 Å². The first-order valence-electron chi connectivity index (χ1n) is 6.17. The number of carbonyl (C=O) groups excluding carboxylic acids is 2. The molecule has 22 heavy (non-hydrogen) atoms. The molecule has 115 valence electrons. The third-order valence-corrected chi connectivity index (χ3v) is 2.87. The Labute approximate surface area is 121 Å². The summed E-state index contributed by atoms with van der Waals surface area (Å²) in [5.74, 6) is -2.80. The molecule has 1 aromatic heterocycles. The third kappa shape index (κ3) is 2.02. The number of nitrogens with one attached hydrogen (secondary N) is 1. The number of amides is 1. The van der Waals surface area contributed by atoms with Gasteiger partial charge in [-0.3, -0.25) is 14.4 Å². The highest BCUT2D eigenvalue weighted by molar-refractivity contribution is 6.11. The molecular formula is C11H9FN5O5. The molecule has 1 aliphatic carbocycles. The summed E-state index contributed by atoms with van der Waals surface area (Å²) in [5, 5.41) is 9.19. The van der Waals surface area contributed by atoms with E-state index in [1.165, 1.54) is 0 Å². The van der Waals surface area contributed by atoms with E-state index in [2.05, 4.69) is 10.4 Å². The van der Waals surface area contributed by atoms with Crippen LogP contribution in [0.1, 0.15) is 6.92 Å². The van der Waals surface area contributed by atoms with Gasteiger partial charge in [0.05, 0.1) is 6.61 Å². The van der Waals surface area contributed by atoms with Gasteiger partial charge >= 0.3 is 5.69 Å². The number of hydrogen-bond acceptors (Lipinski definition) is 7. The average molecular weight is 310 g/mol. The van der Waals surface area contributed by atoms with E-state index >= 15 is 0 Å². The summed E-state index contributed by atoms with van der Waals surface area (Å²) in [6.45, 7) is 1.32. The number of nitrogens with zero attached hydrogens (tertiary/aromatic N) is 4. The van der Waals surface area contributed by atoms with E-state index in [0.717, 1.165) is 11.1 Å². The van der Waals surface area contributed by atoms with E-state index in [-0.39, 0.29) is 18.1 Å². The summed E-state index contributed by atoms with van der Waals surface area (Å²) in [6, 6.07) is -0.680. The summed E-state index contributed by atoms with van der Waals surface area (Å²) in [7, 11) is 0. The Bertz CT molecular complexity index is 763. The number of aromatic nitrogens is 4. The minimum atomic E-state index is -1.04. The Hall–Kier alpha value is -2.82. The highest BCUT2D eigenvalue weighted by Crippen LogP contribution is 2.33. The molecule has 2 aliphatic rings. The van der Waals surface area contributed by atoms with Gasteiger partial charge in [0.25, 0.3) is 5.91 Å². The first kappa shape index (κ1) is 14.1. The van der Waals surface area contributed by atoms with Gasteiger partial charge in [-0.1, -0.05) is 0 Å². The van der Waals surface area contributed by atoms with Gasteiger partial charge in [0, 0.05) is 6.08 Å². The highest BCUT2D eigenvalue weighted by atomic mass is 19.1. The van der Waals surface area contributed by atoms with Crippen molar-refractivity contribution < 1.29 is 23.6 Å². The number of ketones is 1. The van der Waals surface area contributed by atoms with Crippen LogP contribution in [0.5, 0.6) is 0 Å². The molecule has 1 radical (unpaired) electrons. The zero-order valence-electron chi connectivity index (χ0n) is 11.2. The minimum absolute atomic E-state index is 0.0985. The molecule has 0 spiro atoms. The molecule has 0 saturated heterocycles. The van der Waals surface area contributed by atoms with Gasteiger partial charge in [-0.2, -0.15) is 9.75 Å². The van der Waals surface area contributed by atoms with Crippen molar-refractivity contribution in [2.75, 3.05) is 13.2 Å². The fraction of sp³-hybridized carbons (Fsp3) is 0.273. The number of aromatic amines is 1. The molecule has 1 aliphatic heterocycles. The van der Waals surface area contributed by atoms with Crippen molar-refractivity contribution in [1.29, 1.82) is 0 Å². The lowest BCUT2D eigenvalue weighted by Crippen LogP contribution is -2.45. The van der Waals surface area contributed by atoms with Crippen molar-refractivity contribution in [3.63, 3.8) is 0 Å². The maximum absolute atomic E-state index is 14.1. The van der Waals surface area contributed by atoms with Crippen molar-refractivity contribution in [2.45, 2.75) is 6.92 Å². The first-order valence-corrected chi connectivity index (χ1v) is 6.17. The number of hydrogen-bond donors (Lipinski definition) is 1. The van der Waals surface area contributed by atoms with Crippen LogP contribution >= 0.6 is 0 Å². The van der Waals surface area contributed by atoms with Gasteiger partial charge in [0.1, 0.15) is 5.83 Å². The summed E-state index contributed by atoms with van der Waals surface area (Å²) in [5.41, 5.74) is -1.22. The molecule has 0 fully saturated rings. The number of H-pyrrole nitrogens is 1. The van der Waals surface area contributed by atoms with Crippen LogP contribution in [-0.2, 0) is 19.2 Å². The molecule has 1 N–H and O–H groups in total. The van der Waals surface area contributed by atoms with Crippen molar-refractivity contribution in [2.24, 2.45) is 0 Å². The second kappa shape index (κ2) is 5.18. The summed E-state index contributed by atoms with van der Waals surface area (Å²) in [6.07, 6.45) is 0.881. The number of ether oxygens (including phenoxy) is 1. The molecule has 10 nitrogen and oxygen atoms in total. The maximum Gasteiger partial charge on any atom is 0.362 e. The number of halogens is 1. The minimum Gasteiger partial charge on any atom is -0.481 e. The number of hydroxylamine groups is 2. The van der Waals surface area contributed by atoms with Gasteiger partial charge < -0.3 is 4.74 Å². The zero-order chi connectivity index (χ0) is 15.9. The van der Waals surface area contributed by atoms with Crippen LogP contribution in [0.3, 0.4) is 0 Å². The molecule has 0 atom stereocenters. The molecular weight excluding hydrogens is 301 g/mol. The predicted molar refractivity (Wildman–Crippen MR) is 64.9 cm³/mol. The molecule has 0 saturated carbocycles. The summed E-state index contributed by atoms with van der Waals surface area (Å²) in [4.78, 5) is 40.9. The quantitative estimate of drug-likeness (QED) is 0.745. The van der Waals surface area contributed by atoms with Crippen LogP contribution in [0, 0.1) is 6.04 Å². The lowest BCUT2D eigenvalue weighted by molar-refractivity contribution is -0.184. The van der Waals surface area contributed by atoms with Crippen LogP contribution in [0.15, 0.2) is 28.2 Å². The Morgan fingerprint density at radius 3 is 2.86 bits per heavy atom. The largest absolute Gasteiger partial charge is 0.481 e. The van der Waals surface area contributed by atoms with Gasteiger partial charge in [0.15, 0.2) is 18.1 Å². The smallest absolute Gasteiger partial charge is 0.362 e. The summed E-state index contributed by atoms with van der Waals surface area (Å²) < 4.78 is 19.6. The molecule has 11 heteroatoms. The fourth-order valence-electron chi connectivity index (χ4n) is 2.02. The van der Waals surface area contributed by atoms with Gasteiger partial charge in [-0.05, 0) is 17.4 Å². The van der Waals surface area contributed by atoms with Gasteiger partial charge in [0.2, 0.25) is 11.8 Å². The molecule has 0 unspecified atom stereocenters. The number of tetrazole rings is 1. The van der Waals surface area contributed by atoms with E-state index in [9.17, 15) is 18.8 Å². The van der Waals surface area contributed by atoms with Crippen LogP contribution in [0.4, 0.5) is 4.39 Å². The Morgan fingerprint density at radius 1 is 1.45 bits per heavy atom. The van der Waals surface area contributed by atoms with E-state index in [4.69, 9.17) is 9.57 Å². The van der Waals surface area contributed by atoms with Gasteiger partial charge in [-0.15, -0.1) is 0 Å². The van der Waals surface area contributed by atoms with Crippen LogP contribution in [0.2, 0.25) is 0 Å². The molecule has 0 aromatic carbocycles. The molecule has 0 bridgehead atoms. The highest BCUT2D eigenvalue weighted by Gasteiger charge is 2.44. The standard InChI is InChI=1S/C11H9FN5O5/c1-2-22-17-7(18)4-21-6-3-5(12)8(10(19)9(6)17)16-11(20)13-14-15-16/h3H,2,4H2,1H3,(H,13,15,20). The van der Waals surface area contributed by atoms with Crippen molar-refractivity contribution in [1.82, 2.24) is 25.3 Å². The van der Waals surface area contributed by atoms with Crippen molar-refractivity contribution in [3.05, 3.63) is 39.9 Å². The number of carbonyl (C=O) groups is 2. The van der Waals surface area contributed by atoms with E-state index in [1.54, 1.807) is 6.92 Å². The lowest BCUT2D eigenvalue weighted by Gasteiger charge is -2.31. The van der Waals surface area contributed by atoms with Crippen molar-refractivity contribution >= 4 is 11.7 Å². The second-order valence-electron chi connectivity index (χ2n) is 4.20. The first-order chi connectivity index (χ1) is 10.5.